The van der Waals surface area contributed by atoms with Crippen molar-refractivity contribution in [2.24, 2.45) is 7.05 Å². The normalized spacial score (nSPS) is 18.0. The molecule has 4 aromatic rings. The van der Waals surface area contributed by atoms with Crippen LogP contribution < -0.4 is 9.64 Å². The fourth-order valence-corrected chi connectivity index (χ4v) is 5.43. The molecular weight excluding hydrogens is 532 g/mol. The minimum absolute atomic E-state index is 0.0433. The number of benzene rings is 1. The van der Waals surface area contributed by atoms with Gasteiger partial charge < -0.3 is 19.1 Å². The summed E-state index contributed by atoms with van der Waals surface area (Å²) in [5, 5.41) is 6.72. The highest BCUT2D eigenvalue weighted by Gasteiger charge is 2.35. The van der Waals surface area contributed by atoms with Crippen LogP contribution in [0.25, 0.3) is 33.2 Å². The van der Waals surface area contributed by atoms with Gasteiger partial charge in [-0.05, 0) is 52.8 Å². The first-order valence-electron chi connectivity index (χ1n) is 13.3. The van der Waals surface area contributed by atoms with Gasteiger partial charge in [0, 0.05) is 55.8 Å². The predicted octanol–water partition coefficient (Wildman–Crippen LogP) is 5.65. The molecule has 1 fully saturated rings. The largest absolute Gasteiger partial charge is 0.467 e. The van der Waals surface area contributed by atoms with Crippen molar-refractivity contribution in [3.63, 3.8) is 0 Å². The number of aryl methyl sites for hydroxylation is 1. The van der Waals surface area contributed by atoms with Crippen LogP contribution in [0.2, 0.25) is 5.02 Å². The number of pyridine rings is 2. The molecule has 212 valence electrons. The SMILES string of the molecule is COCOc1cc2nn(C)cc2cc1-c1cc(Cl)c2cc(N3C[C@@H](C)N(C(=O)OC(C)(C)C)[C@@H](C)C3)cnc2n1. The van der Waals surface area contributed by atoms with Gasteiger partial charge in [0.1, 0.15) is 11.4 Å². The Hall–Kier alpha value is -3.63. The Morgan fingerprint density at radius 3 is 2.52 bits per heavy atom. The maximum absolute atomic E-state index is 12.8. The first-order chi connectivity index (χ1) is 18.9. The topological polar surface area (TPSA) is 94.8 Å². The highest BCUT2D eigenvalue weighted by molar-refractivity contribution is 6.35. The average molecular weight is 567 g/mol. The third-order valence-electron chi connectivity index (χ3n) is 6.82. The molecular formula is C29H35ClN6O4. The van der Waals surface area contributed by atoms with E-state index < -0.39 is 5.60 Å². The molecule has 1 aliphatic rings. The van der Waals surface area contributed by atoms with Crippen LogP contribution in [-0.2, 0) is 16.5 Å². The number of amides is 1. The number of rotatable bonds is 5. The highest BCUT2D eigenvalue weighted by Crippen LogP contribution is 2.37. The quantitative estimate of drug-likeness (QED) is 0.286. The molecule has 1 saturated heterocycles. The lowest BCUT2D eigenvalue weighted by Crippen LogP contribution is -2.59. The second kappa shape index (κ2) is 10.7. The monoisotopic (exact) mass is 566 g/mol. The van der Waals surface area contributed by atoms with Crippen LogP contribution in [-0.4, -0.2) is 75.4 Å². The van der Waals surface area contributed by atoms with Crippen LogP contribution in [0.3, 0.4) is 0 Å². The van der Waals surface area contributed by atoms with Crippen molar-refractivity contribution in [1.29, 1.82) is 0 Å². The number of aromatic nitrogens is 4. The van der Waals surface area contributed by atoms with Crippen LogP contribution in [0.15, 0.2) is 36.7 Å². The van der Waals surface area contributed by atoms with Crippen molar-refractivity contribution in [2.45, 2.75) is 52.3 Å². The zero-order valence-corrected chi connectivity index (χ0v) is 24.7. The molecule has 11 heteroatoms. The van der Waals surface area contributed by atoms with Gasteiger partial charge in [-0.3, -0.25) is 9.58 Å². The fraction of sp³-hybridized carbons (Fsp3) is 0.448. The Morgan fingerprint density at radius 1 is 1.12 bits per heavy atom. The molecule has 2 atom stereocenters. The Labute approximate surface area is 238 Å². The number of methoxy groups -OCH3 is 1. The van der Waals surface area contributed by atoms with Gasteiger partial charge in [-0.15, -0.1) is 0 Å². The second-order valence-electron chi connectivity index (χ2n) is 11.3. The van der Waals surface area contributed by atoms with E-state index in [4.69, 9.17) is 30.8 Å². The smallest absolute Gasteiger partial charge is 0.410 e. The third kappa shape index (κ3) is 5.64. The van der Waals surface area contributed by atoms with Gasteiger partial charge in [0.15, 0.2) is 12.4 Å². The summed E-state index contributed by atoms with van der Waals surface area (Å²) in [5.41, 5.74) is 3.13. The Bertz CT molecular complexity index is 1550. The molecule has 0 aliphatic carbocycles. The molecule has 1 aromatic carbocycles. The van der Waals surface area contributed by atoms with Crippen LogP contribution in [0, 0.1) is 0 Å². The molecule has 0 N–H and O–H groups in total. The molecule has 0 unspecified atom stereocenters. The number of halogens is 1. The summed E-state index contributed by atoms with van der Waals surface area (Å²) in [5.74, 6) is 0.596. The predicted molar refractivity (Wildman–Crippen MR) is 156 cm³/mol. The number of hydrogen-bond acceptors (Lipinski definition) is 8. The van der Waals surface area contributed by atoms with Gasteiger partial charge in [0.05, 0.1) is 40.2 Å². The molecule has 1 amide bonds. The average Bonchev–Trinajstić information content (AvgIpc) is 3.24. The van der Waals surface area contributed by atoms with E-state index in [0.29, 0.717) is 35.2 Å². The fourth-order valence-electron chi connectivity index (χ4n) is 5.19. The van der Waals surface area contributed by atoms with Crippen LogP contribution in [0.4, 0.5) is 10.5 Å². The minimum atomic E-state index is -0.543. The number of nitrogens with zero attached hydrogens (tertiary/aromatic N) is 6. The van der Waals surface area contributed by atoms with Crippen LogP contribution >= 0.6 is 11.6 Å². The number of hydrogen-bond donors (Lipinski definition) is 0. The van der Waals surface area contributed by atoms with E-state index >= 15 is 0 Å². The van der Waals surface area contributed by atoms with Gasteiger partial charge in [-0.2, -0.15) is 5.10 Å². The van der Waals surface area contributed by atoms with E-state index in [0.717, 1.165) is 27.5 Å². The number of piperazine rings is 1. The highest BCUT2D eigenvalue weighted by atomic mass is 35.5. The van der Waals surface area contributed by atoms with Gasteiger partial charge in [0.25, 0.3) is 0 Å². The number of fused-ring (bicyclic) bond motifs is 2. The first-order valence-corrected chi connectivity index (χ1v) is 13.6. The van der Waals surface area contributed by atoms with Crippen molar-refractivity contribution < 1.29 is 19.0 Å². The molecule has 0 saturated carbocycles. The molecule has 0 bridgehead atoms. The molecule has 0 radical (unpaired) electrons. The number of anilines is 1. The molecule has 4 heterocycles. The molecule has 10 nitrogen and oxygen atoms in total. The van der Waals surface area contributed by atoms with E-state index in [1.165, 1.54) is 0 Å². The lowest BCUT2D eigenvalue weighted by molar-refractivity contribution is 0.00565. The van der Waals surface area contributed by atoms with Gasteiger partial charge in [-0.25, -0.2) is 14.8 Å². The zero-order chi connectivity index (χ0) is 28.8. The minimum Gasteiger partial charge on any atom is -0.467 e. The van der Waals surface area contributed by atoms with E-state index in [1.807, 2.05) is 83.2 Å². The standard InChI is InChI=1S/C29H35ClN6O4/c1-17-13-35(14-18(2)36(17)28(37)40-29(3,4)5)20-9-21-23(30)10-25(32-27(21)31-12-20)22-8-19-15-34(6)33-24(19)11-26(22)39-16-38-7/h8-12,15,17-18H,13-14,16H2,1-7H3/t17-,18+. The summed E-state index contributed by atoms with van der Waals surface area (Å²) in [6.07, 6.45) is 3.46. The zero-order valence-electron chi connectivity index (χ0n) is 23.9. The first kappa shape index (κ1) is 27.9. The summed E-state index contributed by atoms with van der Waals surface area (Å²) in [4.78, 5) is 26.4. The number of carbonyl (C=O) groups excluding carboxylic acids is 1. The second-order valence-corrected chi connectivity index (χ2v) is 11.7. The van der Waals surface area contributed by atoms with Crippen LogP contribution in [0.1, 0.15) is 34.6 Å². The molecule has 0 spiro atoms. The Balaban J connectivity index is 1.45. The number of carbonyl (C=O) groups is 1. The van der Waals surface area contributed by atoms with Crippen molar-refractivity contribution in [1.82, 2.24) is 24.6 Å². The lowest BCUT2D eigenvalue weighted by Gasteiger charge is -2.45. The van der Waals surface area contributed by atoms with Gasteiger partial charge >= 0.3 is 6.09 Å². The van der Waals surface area contributed by atoms with Crippen molar-refractivity contribution in [2.75, 3.05) is 31.9 Å². The van der Waals surface area contributed by atoms with Crippen molar-refractivity contribution >= 4 is 45.3 Å². The summed E-state index contributed by atoms with van der Waals surface area (Å²) in [6.45, 7) is 11.1. The Kier molecular flexibility index (Phi) is 7.50. The maximum atomic E-state index is 12.8. The van der Waals surface area contributed by atoms with Crippen LogP contribution in [0.5, 0.6) is 5.75 Å². The molecule has 3 aromatic heterocycles. The van der Waals surface area contributed by atoms with Crippen molar-refractivity contribution in [3.8, 4) is 17.0 Å². The molecule has 5 rings (SSSR count). The summed E-state index contributed by atoms with van der Waals surface area (Å²) >= 11 is 6.84. The van der Waals surface area contributed by atoms with Gasteiger partial charge in [-0.1, -0.05) is 11.6 Å². The Morgan fingerprint density at radius 2 is 1.85 bits per heavy atom. The summed E-state index contributed by atoms with van der Waals surface area (Å²) in [7, 11) is 3.45. The lowest BCUT2D eigenvalue weighted by atomic mass is 10.1. The van der Waals surface area contributed by atoms with Gasteiger partial charge in [0.2, 0.25) is 0 Å². The van der Waals surface area contributed by atoms with E-state index in [-0.39, 0.29) is 25.0 Å². The van der Waals surface area contributed by atoms with Crippen molar-refractivity contribution in [3.05, 3.63) is 41.7 Å². The third-order valence-corrected chi connectivity index (χ3v) is 7.13. The van der Waals surface area contributed by atoms with E-state index in [1.54, 1.807) is 11.8 Å². The molecule has 40 heavy (non-hydrogen) atoms. The van der Waals surface area contributed by atoms with E-state index in [2.05, 4.69) is 15.0 Å². The maximum Gasteiger partial charge on any atom is 0.410 e. The summed E-state index contributed by atoms with van der Waals surface area (Å²) < 4.78 is 18.4. The molecule has 1 aliphatic heterocycles. The number of ether oxygens (including phenoxy) is 3. The summed E-state index contributed by atoms with van der Waals surface area (Å²) in [6, 6.07) is 7.61. The van der Waals surface area contributed by atoms with E-state index in [9.17, 15) is 4.79 Å².